The monoisotopic (exact) mass is 399 g/mol. The molecular weight excluding hydrogens is 370 g/mol. The van der Waals surface area contributed by atoms with E-state index in [0.717, 1.165) is 41.1 Å². The van der Waals surface area contributed by atoms with Crippen LogP contribution in [0, 0.1) is 0 Å². The lowest BCUT2D eigenvalue weighted by atomic mass is 9.93. The summed E-state index contributed by atoms with van der Waals surface area (Å²) >= 11 is 0. The molecule has 0 radical (unpaired) electrons. The normalized spacial score (nSPS) is 19.1. The van der Waals surface area contributed by atoms with Crippen LogP contribution in [0.5, 0.6) is 5.88 Å². The van der Waals surface area contributed by atoms with Crippen LogP contribution in [0.1, 0.15) is 69.3 Å². The van der Waals surface area contributed by atoms with Gasteiger partial charge in [-0.15, -0.1) is 0 Å². The van der Waals surface area contributed by atoms with Crippen LogP contribution in [0.25, 0.3) is 11.3 Å². The summed E-state index contributed by atoms with van der Waals surface area (Å²) in [7, 11) is 3.57. The molecule has 1 aliphatic heterocycles. The fourth-order valence-electron chi connectivity index (χ4n) is 4.12. The van der Waals surface area contributed by atoms with Gasteiger partial charge < -0.3 is 14.4 Å². The van der Waals surface area contributed by atoms with Crippen LogP contribution in [0.3, 0.4) is 0 Å². The van der Waals surface area contributed by atoms with E-state index < -0.39 is 5.60 Å². The van der Waals surface area contributed by atoms with Gasteiger partial charge in [0.05, 0.1) is 24.9 Å². The summed E-state index contributed by atoms with van der Waals surface area (Å²) in [6, 6.07) is 0. The van der Waals surface area contributed by atoms with Crippen LogP contribution in [-0.4, -0.2) is 50.0 Å². The van der Waals surface area contributed by atoms with Gasteiger partial charge in [0.25, 0.3) is 0 Å². The number of rotatable bonds is 3. The van der Waals surface area contributed by atoms with Gasteiger partial charge in [0.2, 0.25) is 5.88 Å². The van der Waals surface area contributed by atoms with E-state index in [0.29, 0.717) is 24.9 Å². The molecule has 1 saturated carbocycles. The Hall–Kier alpha value is -2.64. The lowest BCUT2D eigenvalue weighted by molar-refractivity contribution is 0.0207. The van der Waals surface area contributed by atoms with Crippen molar-refractivity contribution in [3.05, 3.63) is 23.3 Å². The Kier molecular flexibility index (Phi) is 4.75. The summed E-state index contributed by atoms with van der Waals surface area (Å²) in [5, 5.41) is 4.84. The van der Waals surface area contributed by atoms with E-state index >= 15 is 0 Å². The lowest BCUT2D eigenvalue weighted by Gasteiger charge is -2.33. The number of ether oxygens (including phenoxy) is 2. The van der Waals surface area contributed by atoms with Gasteiger partial charge in [0, 0.05) is 36.7 Å². The number of aryl methyl sites for hydroxylation is 1. The van der Waals surface area contributed by atoms with E-state index in [1.807, 2.05) is 32.5 Å². The summed E-state index contributed by atoms with van der Waals surface area (Å²) in [6.07, 6.45) is 3.48. The summed E-state index contributed by atoms with van der Waals surface area (Å²) in [5.74, 6) is 1.09. The first-order valence-electron chi connectivity index (χ1n) is 10.1. The molecule has 0 saturated heterocycles. The van der Waals surface area contributed by atoms with Crippen LogP contribution < -0.4 is 4.74 Å². The summed E-state index contributed by atoms with van der Waals surface area (Å²) in [6.45, 7) is 8.80. The molecule has 2 aromatic rings. The number of hydrogen-bond acceptors (Lipinski definition) is 6. The molecule has 2 aliphatic rings. The molecule has 3 heterocycles. The topological polar surface area (TPSA) is 82.4 Å². The SMILES string of the molecule is COc1ncnc(C2CC2)c1-c1nn(C)c2c1CN(C(=O)OC(C)(C)C)CC2C. The Morgan fingerprint density at radius 1 is 1.24 bits per heavy atom. The van der Waals surface area contributed by atoms with Crippen molar-refractivity contribution in [1.82, 2.24) is 24.6 Å². The maximum Gasteiger partial charge on any atom is 0.410 e. The van der Waals surface area contributed by atoms with Crippen molar-refractivity contribution in [3.63, 3.8) is 0 Å². The van der Waals surface area contributed by atoms with E-state index in [9.17, 15) is 4.79 Å². The van der Waals surface area contributed by atoms with Crippen molar-refractivity contribution in [2.45, 2.75) is 64.5 Å². The number of carbonyl (C=O) groups excluding carboxylic acids is 1. The number of hydrogen-bond donors (Lipinski definition) is 0. The van der Waals surface area contributed by atoms with Crippen molar-refractivity contribution < 1.29 is 14.3 Å². The van der Waals surface area contributed by atoms with Gasteiger partial charge in [-0.25, -0.2) is 14.8 Å². The van der Waals surface area contributed by atoms with E-state index in [-0.39, 0.29) is 12.0 Å². The number of amides is 1. The second-order valence-electron chi connectivity index (χ2n) is 9.02. The smallest absolute Gasteiger partial charge is 0.410 e. The first-order valence-corrected chi connectivity index (χ1v) is 10.1. The van der Waals surface area contributed by atoms with Crippen molar-refractivity contribution in [3.8, 4) is 17.1 Å². The van der Waals surface area contributed by atoms with Gasteiger partial charge in [0.15, 0.2) is 0 Å². The van der Waals surface area contributed by atoms with Crippen molar-refractivity contribution >= 4 is 6.09 Å². The Bertz CT molecular complexity index is 943. The largest absolute Gasteiger partial charge is 0.480 e. The van der Waals surface area contributed by atoms with Gasteiger partial charge >= 0.3 is 6.09 Å². The quantitative estimate of drug-likeness (QED) is 0.784. The Morgan fingerprint density at radius 2 is 1.97 bits per heavy atom. The number of fused-ring (bicyclic) bond motifs is 1. The molecular formula is C21H29N5O3. The molecule has 156 valence electrons. The third kappa shape index (κ3) is 3.68. The zero-order valence-corrected chi connectivity index (χ0v) is 18.0. The Morgan fingerprint density at radius 3 is 2.59 bits per heavy atom. The van der Waals surface area contributed by atoms with E-state index in [4.69, 9.17) is 14.6 Å². The first-order chi connectivity index (χ1) is 13.7. The van der Waals surface area contributed by atoms with Crippen LogP contribution in [0.2, 0.25) is 0 Å². The fourth-order valence-corrected chi connectivity index (χ4v) is 4.12. The zero-order valence-electron chi connectivity index (χ0n) is 18.0. The standard InChI is InChI=1S/C21H29N5O3/c1-12-9-26(20(27)29-21(2,3)4)10-14-17(24-25(5)18(12)14)15-16(13-7-8-13)22-11-23-19(15)28-6/h11-13H,7-10H2,1-6H3. The van der Waals surface area contributed by atoms with Crippen LogP contribution >= 0.6 is 0 Å². The molecule has 8 heteroatoms. The molecule has 0 aromatic carbocycles. The highest BCUT2D eigenvalue weighted by atomic mass is 16.6. The maximum absolute atomic E-state index is 12.8. The third-order valence-electron chi connectivity index (χ3n) is 5.39. The first kappa shape index (κ1) is 19.7. The minimum atomic E-state index is -0.534. The average Bonchev–Trinajstić information content (AvgIpc) is 3.43. The molecule has 29 heavy (non-hydrogen) atoms. The molecule has 2 aromatic heterocycles. The van der Waals surface area contributed by atoms with E-state index in [2.05, 4.69) is 16.9 Å². The third-order valence-corrected chi connectivity index (χ3v) is 5.39. The van der Waals surface area contributed by atoms with Crippen molar-refractivity contribution in [2.75, 3.05) is 13.7 Å². The lowest BCUT2D eigenvalue weighted by Crippen LogP contribution is -2.41. The second-order valence-corrected chi connectivity index (χ2v) is 9.02. The number of aromatic nitrogens is 4. The number of methoxy groups -OCH3 is 1. The molecule has 1 amide bonds. The van der Waals surface area contributed by atoms with Crippen molar-refractivity contribution in [2.24, 2.45) is 7.05 Å². The number of carbonyl (C=O) groups is 1. The summed E-state index contributed by atoms with van der Waals surface area (Å²) in [5.41, 5.74) is 4.27. The predicted molar refractivity (Wildman–Crippen MR) is 108 cm³/mol. The van der Waals surface area contributed by atoms with E-state index in [1.54, 1.807) is 18.3 Å². The summed E-state index contributed by atoms with van der Waals surface area (Å²) in [4.78, 5) is 23.4. The molecule has 1 unspecified atom stereocenters. The maximum atomic E-state index is 12.8. The molecule has 8 nitrogen and oxygen atoms in total. The molecule has 1 aliphatic carbocycles. The molecule has 4 rings (SSSR count). The Labute approximate surface area is 171 Å². The van der Waals surface area contributed by atoms with Crippen LogP contribution in [0.4, 0.5) is 4.79 Å². The van der Waals surface area contributed by atoms with Crippen molar-refractivity contribution in [1.29, 1.82) is 0 Å². The number of nitrogens with zero attached hydrogens (tertiary/aromatic N) is 5. The minimum absolute atomic E-state index is 0.137. The van der Waals surface area contributed by atoms with Gasteiger partial charge in [-0.1, -0.05) is 6.92 Å². The highest BCUT2D eigenvalue weighted by Gasteiger charge is 2.37. The van der Waals surface area contributed by atoms with Gasteiger partial charge in [-0.05, 0) is 33.6 Å². The average molecular weight is 399 g/mol. The molecule has 1 atom stereocenters. The predicted octanol–water partition coefficient (Wildman–Crippen LogP) is 3.62. The summed E-state index contributed by atoms with van der Waals surface area (Å²) < 4.78 is 13.1. The molecule has 0 bridgehead atoms. The Balaban J connectivity index is 1.79. The highest BCUT2D eigenvalue weighted by Crippen LogP contribution is 2.47. The van der Waals surface area contributed by atoms with Gasteiger partial charge in [-0.2, -0.15) is 5.10 Å². The van der Waals surface area contributed by atoms with E-state index in [1.165, 1.54) is 0 Å². The van der Waals surface area contributed by atoms with Gasteiger partial charge in [0.1, 0.15) is 17.6 Å². The van der Waals surface area contributed by atoms with Crippen LogP contribution in [0.15, 0.2) is 6.33 Å². The highest BCUT2D eigenvalue weighted by molar-refractivity contribution is 5.75. The fraction of sp³-hybridized carbons (Fsp3) is 0.619. The minimum Gasteiger partial charge on any atom is -0.480 e. The molecule has 0 N–H and O–H groups in total. The zero-order chi connectivity index (χ0) is 20.9. The van der Waals surface area contributed by atoms with Gasteiger partial charge in [-0.3, -0.25) is 4.68 Å². The van der Waals surface area contributed by atoms with Crippen LogP contribution in [-0.2, 0) is 18.3 Å². The molecule has 1 fully saturated rings. The molecule has 0 spiro atoms. The second kappa shape index (κ2) is 7.00.